The van der Waals surface area contributed by atoms with Crippen LogP contribution in [0.4, 0.5) is 13.6 Å². The van der Waals surface area contributed by atoms with Gasteiger partial charge in [-0.25, -0.2) is 13.6 Å². The lowest BCUT2D eigenvalue weighted by molar-refractivity contribution is -0.0558. The molecule has 0 spiro atoms. The Kier molecular flexibility index (Phi) is 6.01. The van der Waals surface area contributed by atoms with Crippen molar-refractivity contribution in [3.05, 3.63) is 34.9 Å². The number of hydrogen-bond acceptors (Lipinski definition) is 4. The Labute approximate surface area is 152 Å². The summed E-state index contributed by atoms with van der Waals surface area (Å²) in [5.74, 6) is -2.01. The van der Waals surface area contributed by atoms with E-state index in [1.807, 2.05) is 0 Å². The van der Waals surface area contributed by atoms with E-state index < -0.39 is 35.2 Å². The summed E-state index contributed by atoms with van der Waals surface area (Å²) in [5.41, 5.74) is -0.880. The van der Waals surface area contributed by atoms with Gasteiger partial charge in [0.1, 0.15) is 17.2 Å². The molecule has 0 saturated carbocycles. The largest absolute Gasteiger partial charge is 0.444 e. The SMILES string of the molecule is Cc1cc(F)c(C(=O)CC2COCC(C)N2C(=O)OC(C)(C)C)cc1F. The van der Waals surface area contributed by atoms with Crippen LogP contribution in [0.25, 0.3) is 0 Å². The Balaban J connectivity index is 2.21. The Bertz CT molecular complexity index is 700. The number of nitrogens with zero attached hydrogens (tertiary/aromatic N) is 1. The number of Topliss-reactive ketones (excluding diaryl/α,β-unsaturated/α-hetero) is 1. The van der Waals surface area contributed by atoms with Gasteiger partial charge in [0, 0.05) is 6.42 Å². The van der Waals surface area contributed by atoms with Gasteiger partial charge in [-0.2, -0.15) is 0 Å². The third-order valence-corrected chi connectivity index (χ3v) is 4.11. The standard InChI is InChI=1S/C19H25F2NO4/c1-11-6-16(21)14(8-15(11)20)17(23)7-13-10-25-9-12(2)22(13)18(24)26-19(3,4)5/h6,8,12-13H,7,9-10H2,1-5H3. The van der Waals surface area contributed by atoms with Crippen molar-refractivity contribution in [2.45, 2.75) is 58.7 Å². The van der Waals surface area contributed by atoms with Crippen molar-refractivity contribution < 1.29 is 27.8 Å². The second-order valence-electron chi connectivity index (χ2n) is 7.64. The number of carbonyl (C=O) groups excluding carboxylic acids is 2. The zero-order valence-corrected chi connectivity index (χ0v) is 15.8. The van der Waals surface area contributed by atoms with Gasteiger partial charge in [-0.05, 0) is 52.3 Å². The molecule has 1 fully saturated rings. The van der Waals surface area contributed by atoms with Crippen LogP contribution in [0.1, 0.15) is 50.0 Å². The molecule has 7 heteroatoms. The zero-order chi connectivity index (χ0) is 19.6. The monoisotopic (exact) mass is 369 g/mol. The predicted molar refractivity (Wildman–Crippen MR) is 92.2 cm³/mol. The third kappa shape index (κ3) is 4.78. The molecule has 1 saturated heterocycles. The van der Waals surface area contributed by atoms with E-state index >= 15 is 0 Å². The zero-order valence-electron chi connectivity index (χ0n) is 15.8. The van der Waals surface area contributed by atoms with Crippen molar-refractivity contribution in [3.8, 4) is 0 Å². The molecule has 5 nitrogen and oxygen atoms in total. The Hall–Kier alpha value is -2.02. The molecule has 0 aliphatic carbocycles. The highest BCUT2D eigenvalue weighted by Gasteiger charge is 2.37. The Morgan fingerprint density at radius 3 is 2.50 bits per heavy atom. The molecule has 26 heavy (non-hydrogen) atoms. The summed E-state index contributed by atoms with van der Waals surface area (Å²) in [5, 5.41) is 0. The van der Waals surface area contributed by atoms with Gasteiger partial charge in [0.2, 0.25) is 0 Å². The van der Waals surface area contributed by atoms with E-state index in [1.165, 1.54) is 11.8 Å². The van der Waals surface area contributed by atoms with Gasteiger partial charge in [-0.3, -0.25) is 9.69 Å². The third-order valence-electron chi connectivity index (χ3n) is 4.11. The number of ether oxygens (including phenoxy) is 2. The number of amides is 1. The summed E-state index contributed by atoms with van der Waals surface area (Å²) in [7, 11) is 0. The number of morpholine rings is 1. The summed E-state index contributed by atoms with van der Waals surface area (Å²) >= 11 is 0. The number of benzene rings is 1. The first-order valence-electron chi connectivity index (χ1n) is 8.57. The van der Waals surface area contributed by atoms with E-state index in [-0.39, 0.29) is 30.2 Å². The first-order valence-corrected chi connectivity index (χ1v) is 8.57. The highest BCUT2D eigenvalue weighted by Crippen LogP contribution is 2.23. The predicted octanol–water partition coefficient (Wildman–Crippen LogP) is 3.87. The number of carbonyl (C=O) groups is 2. The number of halogens is 2. The molecule has 144 valence electrons. The molecule has 1 heterocycles. The van der Waals surface area contributed by atoms with Crippen molar-refractivity contribution in [2.24, 2.45) is 0 Å². The lowest BCUT2D eigenvalue weighted by Crippen LogP contribution is -2.55. The van der Waals surface area contributed by atoms with Crippen molar-refractivity contribution in [2.75, 3.05) is 13.2 Å². The molecule has 1 aromatic carbocycles. The van der Waals surface area contributed by atoms with E-state index in [9.17, 15) is 18.4 Å². The molecule has 1 aliphatic heterocycles. The first kappa shape index (κ1) is 20.3. The van der Waals surface area contributed by atoms with E-state index in [1.54, 1.807) is 27.7 Å². The average molecular weight is 369 g/mol. The molecule has 2 unspecified atom stereocenters. The Morgan fingerprint density at radius 1 is 1.23 bits per heavy atom. The maximum atomic E-state index is 14.1. The number of ketones is 1. The fourth-order valence-corrected chi connectivity index (χ4v) is 2.88. The van der Waals surface area contributed by atoms with Gasteiger partial charge in [0.15, 0.2) is 5.78 Å². The summed E-state index contributed by atoms with van der Waals surface area (Å²) in [6.45, 7) is 8.91. The normalized spacial score (nSPS) is 20.8. The van der Waals surface area contributed by atoms with Gasteiger partial charge in [-0.1, -0.05) is 0 Å². The fourth-order valence-electron chi connectivity index (χ4n) is 2.88. The minimum Gasteiger partial charge on any atom is -0.444 e. The minimum absolute atomic E-state index is 0.129. The van der Waals surface area contributed by atoms with Crippen molar-refractivity contribution in [1.29, 1.82) is 0 Å². The van der Waals surface area contributed by atoms with Crippen LogP contribution < -0.4 is 0 Å². The van der Waals surface area contributed by atoms with Crippen LogP contribution in [0.5, 0.6) is 0 Å². The van der Waals surface area contributed by atoms with Gasteiger partial charge < -0.3 is 9.47 Å². The number of aryl methyl sites for hydroxylation is 1. The second-order valence-corrected chi connectivity index (χ2v) is 7.64. The summed E-state index contributed by atoms with van der Waals surface area (Å²) < 4.78 is 38.6. The van der Waals surface area contributed by atoms with Crippen LogP contribution in [0.3, 0.4) is 0 Å². The van der Waals surface area contributed by atoms with Gasteiger partial charge in [0.05, 0.1) is 30.9 Å². The van der Waals surface area contributed by atoms with E-state index in [4.69, 9.17) is 9.47 Å². The van der Waals surface area contributed by atoms with Crippen molar-refractivity contribution >= 4 is 11.9 Å². The van der Waals surface area contributed by atoms with Crippen LogP contribution in [0.2, 0.25) is 0 Å². The van der Waals surface area contributed by atoms with E-state index in [0.29, 0.717) is 6.61 Å². The van der Waals surface area contributed by atoms with Crippen molar-refractivity contribution in [3.63, 3.8) is 0 Å². The van der Waals surface area contributed by atoms with Gasteiger partial charge in [0.25, 0.3) is 0 Å². The molecule has 1 aliphatic rings. The summed E-state index contributed by atoms with van der Waals surface area (Å²) in [4.78, 5) is 26.5. The minimum atomic E-state index is -0.775. The van der Waals surface area contributed by atoms with Crippen LogP contribution in [0.15, 0.2) is 12.1 Å². The van der Waals surface area contributed by atoms with Gasteiger partial charge >= 0.3 is 6.09 Å². The molecular weight excluding hydrogens is 344 g/mol. The van der Waals surface area contributed by atoms with Crippen molar-refractivity contribution in [1.82, 2.24) is 4.90 Å². The topological polar surface area (TPSA) is 55.8 Å². The van der Waals surface area contributed by atoms with Crippen LogP contribution in [0, 0.1) is 18.6 Å². The Morgan fingerprint density at radius 2 is 1.88 bits per heavy atom. The first-order chi connectivity index (χ1) is 12.0. The van der Waals surface area contributed by atoms with E-state index in [0.717, 1.165) is 12.1 Å². The lowest BCUT2D eigenvalue weighted by atomic mass is 9.99. The lowest BCUT2D eigenvalue weighted by Gasteiger charge is -2.40. The molecule has 2 atom stereocenters. The molecule has 1 aromatic rings. The van der Waals surface area contributed by atoms with Crippen LogP contribution >= 0.6 is 0 Å². The fraction of sp³-hybridized carbons (Fsp3) is 0.579. The summed E-state index contributed by atoms with van der Waals surface area (Å²) in [6, 6.07) is 0.993. The average Bonchev–Trinajstić information content (AvgIpc) is 2.49. The highest BCUT2D eigenvalue weighted by molar-refractivity contribution is 5.97. The van der Waals surface area contributed by atoms with E-state index in [2.05, 4.69) is 0 Å². The number of hydrogen-bond donors (Lipinski definition) is 0. The molecule has 2 rings (SSSR count). The molecule has 0 bridgehead atoms. The quantitative estimate of drug-likeness (QED) is 0.759. The highest BCUT2D eigenvalue weighted by atomic mass is 19.1. The number of rotatable bonds is 3. The molecular formula is C19H25F2NO4. The maximum absolute atomic E-state index is 14.1. The molecule has 0 aromatic heterocycles. The summed E-state index contributed by atoms with van der Waals surface area (Å²) in [6.07, 6.45) is -0.732. The molecule has 1 amide bonds. The molecule has 0 N–H and O–H groups in total. The van der Waals surface area contributed by atoms with Crippen LogP contribution in [-0.4, -0.2) is 47.7 Å². The second kappa shape index (κ2) is 7.70. The smallest absolute Gasteiger partial charge is 0.410 e. The van der Waals surface area contributed by atoms with Gasteiger partial charge in [-0.15, -0.1) is 0 Å². The van der Waals surface area contributed by atoms with Crippen LogP contribution in [-0.2, 0) is 9.47 Å². The maximum Gasteiger partial charge on any atom is 0.410 e. The molecule has 0 radical (unpaired) electrons.